The molecule has 0 aromatic carbocycles. The summed E-state index contributed by atoms with van der Waals surface area (Å²) in [5.41, 5.74) is 0. The topological polar surface area (TPSA) is 49.4 Å². The van der Waals surface area contributed by atoms with Crippen molar-refractivity contribution in [1.29, 1.82) is 0 Å². The van der Waals surface area contributed by atoms with Crippen LogP contribution in [0.3, 0.4) is 0 Å². The van der Waals surface area contributed by atoms with Gasteiger partial charge in [-0.15, -0.1) is 0 Å². The first kappa shape index (κ1) is 12.3. The van der Waals surface area contributed by atoms with E-state index in [9.17, 15) is 8.42 Å². The number of hydrogen-bond donors (Lipinski definition) is 1. The fourth-order valence-corrected chi connectivity index (χ4v) is 3.35. The van der Waals surface area contributed by atoms with E-state index in [1.165, 1.54) is 45.0 Å². The van der Waals surface area contributed by atoms with Gasteiger partial charge in [0.2, 0.25) is 0 Å². The van der Waals surface area contributed by atoms with E-state index in [1.54, 1.807) is 0 Å². The fraction of sp³-hybridized carbons (Fsp3) is 1.00. The molecular formula is C11H22N2O2S. The van der Waals surface area contributed by atoms with Crippen LogP contribution >= 0.6 is 0 Å². The summed E-state index contributed by atoms with van der Waals surface area (Å²) in [5.74, 6) is 0.262. The Bertz CT molecular complexity index is 329. The smallest absolute Gasteiger partial charge is 0.148 e. The Morgan fingerprint density at radius 3 is 2.88 bits per heavy atom. The van der Waals surface area contributed by atoms with Crippen LogP contribution in [-0.2, 0) is 9.84 Å². The number of fused-ring (bicyclic) bond motifs is 1. The highest BCUT2D eigenvalue weighted by molar-refractivity contribution is 7.90. The van der Waals surface area contributed by atoms with Crippen molar-refractivity contribution in [1.82, 2.24) is 10.2 Å². The van der Waals surface area contributed by atoms with Crippen molar-refractivity contribution in [3.63, 3.8) is 0 Å². The van der Waals surface area contributed by atoms with Crippen molar-refractivity contribution < 1.29 is 8.42 Å². The molecule has 0 aliphatic carbocycles. The Kier molecular flexibility index (Phi) is 3.87. The molecule has 0 aromatic rings. The molecule has 2 saturated heterocycles. The second-order valence-electron chi connectivity index (χ2n) is 5.14. The Morgan fingerprint density at radius 2 is 2.12 bits per heavy atom. The lowest BCUT2D eigenvalue weighted by atomic mass is 9.98. The van der Waals surface area contributed by atoms with Crippen LogP contribution in [0, 0.1) is 0 Å². The third-order valence-electron chi connectivity index (χ3n) is 3.73. The van der Waals surface area contributed by atoms with Crippen LogP contribution in [0.2, 0.25) is 0 Å². The van der Waals surface area contributed by atoms with Gasteiger partial charge >= 0.3 is 0 Å². The first-order valence-corrected chi connectivity index (χ1v) is 8.26. The fourth-order valence-electron chi connectivity index (χ4n) is 2.86. The normalized spacial score (nSPS) is 31.6. The molecule has 2 aliphatic heterocycles. The Labute approximate surface area is 98.3 Å². The number of sulfone groups is 1. The van der Waals surface area contributed by atoms with E-state index in [-0.39, 0.29) is 5.75 Å². The van der Waals surface area contributed by atoms with Gasteiger partial charge in [0, 0.05) is 24.9 Å². The zero-order chi connectivity index (χ0) is 11.6. The minimum absolute atomic E-state index is 0.262. The quantitative estimate of drug-likeness (QED) is 0.772. The minimum Gasteiger partial charge on any atom is -0.313 e. The Hall–Kier alpha value is -0.130. The maximum absolute atomic E-state index is 11.0. The molecule has 5 heteroatoms. The molecule has 2 aliphatic rings. The third-order valence-corrected chi connectivity index (χ3v) is 4.67. The summed E-state index contributed by atoms with van der Waals surface area (Å²) >= 11 is 0. The van der Waals surface area contributed by atoms with E-state index in [0.717, 1.165) is 6.04 Å². The monoisotopic (exact) mass is 246 g/mol. The number of rotatable bonds is 4. The second-order valence-corrected chi connectivity index (χ2v) is 7.40. The van der Waals surface area contributed by atoms with E-state index < -0.39 is 9.84 Å². The largest absolute Gasteiger partial charge is 0.313 e. The van der Waals surface area contributed by atoms with Gasteiger partial charge in [0.1, 0.15) is 9.84 Å². The van der Waals surface area contributed by atoms with Gasteiger partial charge in [-0.3, -0.25) is 0 Å². The highest BCUT2D eigenvalue weighted by Gasteiger charge is 2.31. The van der Waals surface area contributed by atoms with Gasteiger partial charge in [0.15, 0.2) is 0 Å². The molecule has 2 unspecified atom stereocenters. The van der Waals surface area contributed by atoms with Crippen LogP contribution in [0.25, 0.3) is 0 Å². The minimum atomic E-state index is -2.82. The van der Waals surface area contributed by atoms with E-state index in [4.69, 9.17) is 0 Å². The van der Waals surface area contributed by atoms with Crippen LogP contribution in [0.15, 0.2) is 0 Å². The third kappa shape index (κ3) is 3.43. The van der Waals surface area contributed by atoms with Gasteiger partial charge in [0.05, 0.1) is 5.75 Å². The first-order chi connectivity index (χ1) is 7.54. The first-order valence-electron chi connectivity index (χ1n) is 6.20. The average Bonchev–Trinajstić information content (AvgIpc) is 2.62. The van der Waals surface area contributed by atoms with Crippen molar-refractivity contribution in [3.8, 4) is 0 Å². The molecule has 94 valence electrons. The molecule has 0 radical (unpaired) electrons. The molecule has 2 rings (SSSR count). The Morgan fingerprint density at radius 1 is 1.31 bits per heavy atom. The summed E-state index contributed by atoms with van der Waals surface area (Å²) in [6.45, 7) is 3.05. The summed E-state index contributed by atoms with van der Waals surface area (Å²) in [7, 11) is -2.82. The SMILES string of the molecule is CS(=O)(=O)CCNC1CCN2CCCC2C1. The summed E-state index contributed by atoms with van der Waals surface area (Å²) in [4.78, 5) is 2.58. The summed E-state index contributed by atoms with van der Waals surface area (Å²) in [5, 5.41) is 3.38. The zero-order valence-corrected chi connectivity index (χ0v) is 10.8. The summed E-state index contributed by atoms with van der Waals surface area (Å²) < 4.78 is 22.0. The number of nitrogens with one attached hydrogen (secondary N) is 1. The maximum atomic E-state index is 11.0. The van der Waals surface area contributed by atoms with E-state index in [0.29, 0.717) is 12.6 Å². The molecular weight excluding hydrogens is 224 g/mol. The van der Waals surface area contributed by atoms with E-state index in [2.05, 4.69) is 10.2 Å². The van der Waals surface area contributed by atoms with Gasteiger partial charge in [-0.1, -0.05) is 0 Å². The van der Waals surface area contributed by atoms with Gasteiger partial charge in [-0.2, -0.15) is 0 Å². The standard InChI is InChI=1S/C11H22N2O2S/c1-16(14,15)8-5-12-10-4-7-13-6-2-3-11(13)9-10/h10-12H,2-9H2,1H3. The van der Waals surface area contributed by atoms with Gasteiger partial charge in [-0.25, -0.2) is 8.42 Å². The summed E-state index contributed by atoms with van der Waals surface area (Å²) in [6.07, 6.45) is 6.32. The Balaban J connectivity index is 1.71. The molecule has 4 nitrogen and oxygen atoms in total. The lowest BCUT2D eigenvalue weighted by molar-refractivity contribution is 0.168. The molecule has 2 heterocycles. The van der Waals surface area contributed by atoms with Gasteiger partial charge in [0.25, 0.3) is 0 Å². The van der Waals surface area contributed by atoms with Gasteiger partial charge < -0.3 is 10.2 Å². The molecule has 0 bridgehead atoms. The van der Waals surface area contributed by atoms with Crippen molar-refractivity contribution >= 4 is 9.84 Å². The van der Waals surface area contributed by atoms with Crippen molar-refractivity contribution in [3.05, 3.63) is 0 Å². The molecule has 16 heavy (non-hydrogen) atoms. The molecule has 0 amide bonds. The van der Waals surface area contributed by atoms with Crippen LogP contribution in [0.4, 0.5) is 0 Å². The molecule has 2 fully saturated rings. The number of nitrogens with zero attached hydrogens (tertiary/aromatic N) is 1. The maximum Gasteiger partial charge on any atom is 0.148 e. The molecule has 0 saturated carbocycles. The molecule has 0 aromatic heterocycles. The van der Waals surface area contributed by atoms with Crippen LogP contribution in [0.5, 0.6) is 0 Å². The van der Waals surface area contributed by atoms with Gasteiger partial charge in [-0.05, 0) is 38.8 Å². The zero-order valence-electron chi connectivity index (χ0n) is 9.98. The van der Waals surface area contributed by atoms with Crippen molar-refractivity contribution in [2.24, 2.45) is 0 Å². The van der Waals surface area contributed by atoms with Crippen LogP contribution in [0.1, 0.15) is 25.7 Å². The summed E-state index contributed by atoms with van der Waals surface area (Å²) in [6, 6.07) is 1.28. The lowest BCUT2D eigenvalue weighted by Crippen LogP contribution is -2.46. The lowest BCUT2D eigenvalue weighted by Gasteiger charge is -2.35. The van der Waals surface area contributed by atoms with Crippen LogP contribution < -0.4 is 5.32 Å². The van der Waals surface area contributed by atoms with Crippen molar-refractivity contribution in [2.75, 3.05) is 31.6 Å². The molecule has 1 N–H and O–H groups in total. The molecule has 2 atom stereocenters. The predicted octanol–water partition coefficient (Wildman–Crippen LogP) is 0.247. The second kappa shape index (κ2) is 5.02. The number of piperidine rings is 1. The van der Waals surface area contributed by atoms with E-state index in [1.807, 2.05) is 0 Å². The average molecular weight is 246 g/mol. The highest BCUT2D eigenvalue weighted by atomic mass is 32.2. The van der Waals surface area contributed by atoms with Crippen molar-refractivity contribution in [2.45, 2.75) is 37.8 Å². The highest BCUT2D eigenvalue weighted by Crippen LogP contribution is 2.26. The molecule has 0 spiro atoms. The van der Waals surface area contributed by atoms with Crippen LogP contribution in [-0.4, -0.2) is 57.0 Å². The predicted molar refractivity (Wildman–Crippen MR) is 65.3 cm³/mol. The van der Waals surface area contributed by atoms with E-state index >= 15 is 0 Å². The number of hydrogen-bond acceptors (Lipinski definition) is 4.